The zero-order valence-electron chi connectivity index (χ0n) is 17.8. The van der Waals surface area contributed by atoms with Gasteiger partial charge in [-0.2, -0.15) is 0 Å². The standard InChI is InChI=1S/C21H26O5.C2H6/c1-23-18-9-7-15(12-20(18)25-3)5-6-17(14-22)11-16-8-10-19(24-2)21(13-16)26-4;1-2/h7-10,12-14,17H,5-6,11H2,1-4H3;1-2H3. The van der Waals surface area contributed by atoms with Gasteiger partial charge in [-0.15, -0.1) is 0 Å². The molecule has 0 spiro atoms. The van der Waals surface area contributed by atoms with E-state index < -0.39 is 0 Å². The van der Waals surface area contributed by atoms with Crippen LogP contribution in [0, 0.1) is 5.92 Å². The summed E-state index contributed by atoms with van der Waals surface area (Å²) in [4.78, 5) is 11.5. The average Bonchev–Trinajstić information content (AvgIpc) is 2.77. The van der Waals surface area contributed by atoms with Crippen molar-refractivity contribution in [2.45, 2.75) is 33.1 Å². The van der Waals surface area contributed by atoms with Crippen molar-refractivity contribution in [2.75, 3.05) is 28.4 Å². The first-order valence-corrected chi connectivity index (χ1v) is 9.52. The molecular formula is C23H32O5. The minimum Gasteiger partial charge on any atom is -0.493 e. The molecule has 0 aliphatic heterocycles. The van der Waals surface area contributed by atoms with Crippen molar-refractivity contribution in [3.8, 4) is 23.0 Å². The lowest BCUT2D eigenvalue weighted by Gasteiger charge is -2.14. The minimum atomic E-state index is -0.0683. The zero-order chi connectivity index (χ0) is 20.9. The lowest BCUT2D eigenvalue weighted by molar-refractivity contribution is -0.111. The van der Waals surface area contributed by atoms with Gasteiger partial charge in [0.2, 0.25) is 0 Å². The first-order chi connectivity index (χ1) is 13.6. The number of hydrogen-bond donors (Lipinski definition) is 0. The molecule has 5 nitrogen and oxygen atoms in total. The van der Waals surface area contributed by atoms with Crippen LogP contribution >= 0.6 is 0 Å². The number of methoxy groups -OCH3 is 4. The molecule has 0 fully saturated rings. The Labute approximate surface area is 168 Å². The number of aldehydes is 1. The second-order valence-electron chi connectivity index (χ2n) is 6.02. The second-order valence-corrected chi connectivity index (χ2v) is 6.02. The summed E-state index contributed by atoms with van der Waals surface area (Å²) in [6.45, 7) is 4.00. The summed E-state index contributed by atoms with van der Waals surface area (Å²) >= 11 is 0. The Morgan fingerprint density at radius 2 is 1.21 bits per heavy atom. The summed E-state index contributed by atoms with van der Waals surface area (Å²) in [5.74, 6) is 2.70. The van der Waals surface area contributed by atoms with E-state index in [1.54, 1.807) is 28.4 Å². The molecule has 1 unspecified atom stereocenters. The van der Waals surface area contributed by atoms with E-state index in [1.165, 1.54) is 0 Å². The highest BCUT2D eigenvalue weighted by Gasteiger charge is 2.13. The molecule has 0 bridgehead atoms. The summed E-state index contributed by atoms with van der Waals surface area (Å²) in [5.41, 5.74) is 2.16. The maximum absolute atomic E-state index is 11.5. The number of rotatable bonds is 10. The fourth-order valence-corrected chi connectivity index (χ4v) is 2.92. The number of benzene rings is 2. The van der Waals surface area contributed by atoms with Gasteiger partial charge in [0.05, 0.1) is 28.4 Å². The summed E-state index contributed by atoms with van der Waals surface area (Å²) in [7, 11) is 6.45. The third-order valence-corrected chi connectivity index (χ3v) is 4.39. The molecule has 1 atom stereocenters. The van der Waals surface area contributed by atoms with Gasteiger partial charge in [0.1, 0.15) is 6.29 Å². The van der Waals surface area contributed by atoms with Crippen LogP contribution in [0.3, 0.4) is 0 Å². The SMILES string of the molecule is CC.COc1ccc(CCC(C=O)Cc2ccc(OC)c(OC)c2)cc1OC. The van der Waals surface area contributed by atoms with Crippen LogP contribution in [0.2, 0.25) is 0 Å². The van der Waals surface area contributed by atoms with Crippen LogP contribution in [-0.4, -0.2) is 34.7 Å². The smallest absolute Gasteiger partial charge is 0.160 e. The summed E-state index contributed by atoms with van der Waals surface area (Å²) in [6.07, 6.45) is 3.24. The quantitative estimate of drug-likeness (QED) is 0.551. The van der Waals surface area contributed by atoms with Crippen LogP contribution in [0.4, 0.5) is 0 Å². The minimum absolute atomic E-state index is 0.0683. The molecule has 0 aromatic heterocycles. The number of carbonyl (C=O) groups is 1. The molecule has 0 aliphatic carbocycles. The molecule has 0 amide bonds. The molecule has 0 radical (unpaired) electrons. The fraction of sp³-hybridized carbons (Fsp3) is 0.435. The molecule has 2 aromatic rings. The normalized spacial score (nSPS) is 10.9. The van der Waals surface area contributed by atoms with Crippen molar-refractivity contribution in [1.82, 2.24) is 0 Å². The highest BCUT2D eigenvalue weighted by molar-refractivity contribution is 5.55. The zero-order valence-corrected chi connectivity index (χ0v) is 17.8. The van der Waals surface area contributed by atoms with E-state index in [-0.39, 0.29) is 5.92 Å². The topological polar surface area (TPSA) is 54.0 Å². The van der Waals surface area contributed by atoms with E-state index in [4.69, 9.17) is 18.9 Å². The van der Waals surface area contributed by atoms with Gasteiger partial charge >= 0.3 is 0 Å². The van der Waals surface area contributed by atoms with E-state index in [0.29, 0.717) is 29.4 Å². The van der Waals surface area contributed by atoms with Gasteiger partial charge in [-0.25, -0.2) is 0 Å². The predicted molar refractivity (Wildman–Crippen MR) is 112 cm³/mol. The molecule has 0 aliphatic rings. The van der Waals surface area contributed by atoms with E-state index in [0.717, 1.165) is 30.3 Å². The Kier molecular flexibility index (Phi) is 10.6. The van der Waals surface area contributed by atoms with E-state index >= 15 is 0 Å². The van der Waals surface area contributed by atoms with E-state index in [2.05, 4.69) is 0 Å². The Hall–Kier alpha value is -2.69. The summed E-state index contributed by atoms with van der Waals surface area (Å²) < 4.78 is 21.2. The lowest BCUT2D eigenvalue weighted by atomic mass is 9.94. The Morgan fingerprint density at radius 1 is 0.750 bits per heavy atom. The van der Waals surface area contributed by atoms with Crippen molar-refractivity contribution in [3.63, 3.8) is 0 Å². The molecule has 0 N–H and O–H groups in total. The first-order valence-electron chi connectivity index (χ1n) is 9.52. The molecule has 2 aromatic carbocycles. The molecule has 0 heterocycles. The Bertz CT molecular complexity index is 727. The molecule has 154 valence electrons. The van der Waals surface area contributed by atoms with Crippen molar-refractivity contribution in [1.29, 1.82) is 0 Å². The maximum atomic E-state index is 11.5. The van der Waals surface area contributed by atoms with Crippen molar-refractivity contribution in [2.24, 2.45) is 5.92 Å². The number of ether oxygens (including phenoxy) is 4. The summed E-state index contributed by atoms with van der Waals surface area (Å²) in [6, 6.07) is 11.6. The molecule has 0 saturated carbocycles. The maximum Gasteiger partial charge on any atom is 0.160 e. The van der Waals surface area contributed by atoms with Crippen LogP contribution < -0.4 is 18.9 Å². The number of aryl methyl sites for hydroxylation is 1. The number of hydrogen-bond acceptors (Lipinski definition) is 5. The van der Waals surface area contributed by atoms with E-state index in [1.807, 2.05) is 50.2 Å². The third-order valence-electron chi connectivity index (χ3n) is 4.39. The summed E-state index contributed by atoms with van der Waals surface area (Å²) in [5, 5.41) is 0. The van der Waals surface area contributed by atoms with Crippen molar-refractivity contribution < 1.29 is 23.7 Å². The predicted octanol–water partition coefficient (Wildman–Crippen LogP) is 4.74. The third kappa shape index (κ3) is 6.48. The van der Waals surface area contributed by atoms with Crippen LogP contribution in [0.1, 0.15) is 31.4 Å². The van der Waals surface area contributed by atoms with Crippen LogP contribution in [0.5, 0.6) is 23.0 Å². The monoisotopic (exact) mass is 388 g/mol. The first kappa shape index (κ1) is 23.3. The molecule has 0 saturated heterocycles. The van der Waals surface area contributed by atoms with Gasteiger partial charge in [-0.3, -0.25) is 0 Å². The van der Waals surface area contributed by atoms with Gasteiger partial charge in [0.15, 0.2) is 23.0 Å². The van der Waals surface area contributed by atoms with Crippen LogP contribution in [-0.2, 0) is 17.6 Å². The fourth-order valence-electron chi connectivity index (χ4n) is 2.92. The molecular weight excluding hydrogens is 356 g/mol. The van der Waals surface area contributed by atoms with Crippen molar-refractivity contribution in [3.05, 3.63) is 47.5 Å². The molecule has 28 heavy (non-hydrogen) atoms. The Morgan fingerprint density at radius 3 is 1.68 bits per heavy atom. The van der Waals surface area contributed by atoms with Crippen LogP contribution in [0.25, 0.3) is 0 Å². The highest BCUT2D eigenvalue weighted by atomic mass is 16.5. The van der Waals surface area contributed by atoms with Gasteiger partial charge in [-0.05, 0) is 54.7 Å². The average molecular weight is 389 g/mol. The number of carbonyl (C=O) groups excluding carboxylic acids is 1. The lowest BCUT2D eigenvalue weighted by Crippen LogP contribution is -2.08. The van der Waals surface area contributed by atoms with Crippen LogP contribution in [0.15, 0.2) is 36.4 Å². The van der Waals surface area contributed by atoms with Gasteiger partial charge in [0, 0.05) is 5.92 Å². The Balaban J connectivity index is 0.00000190. The van der Waals surface area contributed by atoms with Crippen molar-refractivity contribution >= 4 is 6.29 Å². The van der Waals surface area contributed by atoms with E-state index in [9.17, 15) is 4.79 Å². The highest BCUT2D eigenvalue weighted by Crippen LogP contribution is 2.30. The molecule has 5 heteroatoms. The second kappa shape index (κ2) is 12.7. The van der Waals surface area contributed by atoms with Gasteiger partial charge < -0.3 is 23.7 Å². The largest absolute Gasteiger partial charge is 0.493 e. The van der Waals surface area contributed by atoms with Gasteiger partial charge in [-0.1, -0.05) is 26.0 Å². The van der Waals surface area contributed by atoms with Gasteiger partial charge in [0.25, 0.3) is 0 Å². The molecule has 2 rings (SSSR count).